The number of nitrogens with one attached hydrogen (secondary N) is 1. The van der Waals surface area contributed by atoms with E-state index in [2.05, 4.69) is 38.4 Å². The Morgan fingerprint density at radius 1 is 1.20 bits per heavy atom. The summed E-state index contributed by atoms with van der Waals surface area (Å²) < 4.78 is 14.3. The number of rotatable bonds is 1. The van der Waals surface area contributed by atoms with Gasteiger partial charge in [0, 0.05) is 17.0 Å². The third-order valence-corrected chi connectivity index (χ3v) is 6.14. The van der Waals surface area contributed by atoms with Gasteiger partial charge in [-0.25, -0.2) is 4.39 Å². The van der Waals surface area contributed by atoms with E-state index in [0.717, 1.165) is 29.5 Å². The van der Waals surface area contributed by atoms with Gasteiger partial charge in [-0.15, -0.1) is 0 Å². The fourth-order valence-electron chi connectivity index (χ4n) is 4.28. The van der Waals surface area contributed by atoms with Crippen LogP contribution in [-0.2, 0) is 10.2 Å². The van der Waals surface area contributed by atoms with Gasteiger partial charge in [0.2, 0.25) is 5.91 Å². The minimum atomic E-state index is -0.533. The molecule has 1 N–H and O–H groups in total. The molecular weight excluding hydrogens is 383 g/mol. The lowest BCUT2D eigenvalue weighted by molar-refractivity contribution is -0.124. The Morgan fingerprint density at radius 2 is 1.96 bits per heavy atom. The van der Waals surface area contributed by atoms with Crippen molar-refractivity contribution < 1.29 is 9.18 Å². The molecule has 0 unspecified atom stereocenters. The zero-order valence-corrected chi connectivity index (χ0v) is 14.8. The van der Waals surface area contributed by atoms with Crippen LogP contribution in [0.2, 0.25) is 0 Å². The number of hydrogen-bond donors (Lipinski definition) is 1. The van der Waals surface area contributed by atoms with Crippen LogP contribution < -0.4 is 5.32 Å². The van der Waals surface area contributed by atoms with Gasteiger partial charge in [0.15, 0.2) is 0 Å². The number of nitrogens with zero attached hydrogens (tertiary/aromatic N) is 1. The van der Waals surface area contributed by atoms with Crippen LogP contribution in [-0.4, -0.2) is 10.9 Å². The second kappa shape index (κ2) is 5.11. The Hall–Kier alpha value is -2.27. The van der Waals surface area contributed by atoms with Gasteiger partial charge in [-0.3, -0.25) is 9.78 Å². The molecule has 1 amide bonds. The average molecular weight is 397 g/mol. The molecule has 1 aromatic heterocycles. The Morgan fingerprint density at radius 3 is 2.72 bits per heavy atom. The van der Waals surface area contributed by atoms with Crippen molar-refractivity contribution in [3.05, 3.63) is 70.1 Å². The number of halogens is 2. The van der Waals surface area contributed by atoms with Gasteiger partial charge in [0.05, 0.1) is 27.3 Å². The molecule has 25 heavy (non-hydrogen) atoms. The average Bonchev–Trinajstić information content (AvgIpc) is 2.88. The molecule has 2 aliphatic rings. The number of aromatic nitrogens is 1. The van der Waals surface area contributed by atoms with Crippen molar-refractivity contribution in [3.8, 4) is 0 Å². The van der Waals surface area contributed by atoms with Crippen LogP contribution in [0.5, 0.6) is 0 Å². The first-order valence-electron chi connectivity index (χ1n) is 8.23. The molecule has 2 aromatic carbocycles. The second-order valence-corrected chi connectivity index (χ2v) is 7.74. The zero-order chi connectivity index (χ0) is 17.2. The minimum absolute atomic E-state index is 0.0319. The van der Waals surface area contributed by atoms with E-state index in [1.807, 2.05) is 18.2 Å². The Balaban J connectivity index is 1.64. The van der Waals surface area contributed by atoms with Crippen molar-refractivity contribution in [2.75, 3.05) is 5.32 Å². The van der Waals surface area contributed by atoms with E-state index < -0.39 is 5.41 Å². The first kappa shape index (κ1) is 15.0. The fourth-order valence-corrected chi connectivity index (χ4v) is 4.63. The summed E-state index contributed by atoms with van der Waals surface area (Å²) in [4.78, 5) is 17.1. The van der Waals surface area contributed by atoms with Crippen molar-refractivity contribution in [1.29, 1.82) is 0 Å². The Kier molecular flexibility index (Phi) is 3.07. The summed E-state index contributed by atoms with van der Waals surface area (Å²) in [6, 6.07) is 13.5. The monoisotopic (exact) mass is 396 g/mol. The lowest BCUT2D eigenvalue weighted by atomic mass is 9.57. The van der Waals surface area contributed by atoms with E-state index in [0.29, 0.717) is 15.9 Å². The summed E-state index contributed by atoms with van der Waals surface area (Å²) in [6.07, 6.45) is 3.18. The molecule has 1 fully saturated rings. The van der Waals surface area contributed by atoms with Crippen LogP contribution in [0.1, 0.15) is 29.9 Å². The molecule has 0 radical (unpaired) electrons. The highest BCUT2D eigenvalue weighted by Crippen LogP contribution is 2.58. The lowest BCUT2D eigenvalue weighted by Gasteiger charge is -2.44. The topological polar surface area (TPSA) is 42.0 Å². The Labute approximate surface area is 152 Å². The van der Waals surface area contributed by atoms with Gasteiger partial charge in [-0.2, -0.15) is 0 Å². The largest absolute Gasteiger partial charge is 0.324 e. The highest BCUT2D eigenvalue weighted by Gasteiger charge is 2.56. The normalized spacial score (nSPS) is 24.2. The second-order valence-electron chi connectivity index (χ2n) is 6.88. The number of amides is 1. The molecule has 0 atom stereocenters. The van der Waals surface area contributed by atoms with E-state index in [-0.39, 0.29) is 11.7 Å². The molecule has 0 saturated heterocycles. The highest BCUT2D eigenvalue weighted by molar-refractivity contribution is 9.10. The van der Waals surface area contributed by atoms with E-state index in [1.165, 1.54) is 11.6 Å². The molecule has 124 valence electrons. The van der Waals surface area contributed by atoms with E-state index >= 15 is 0 Å². The maximum atomic E-state index is 13.9. The zero-order valence-electron chi connectivity index (χ0n) is 13.2. The number of benzene rings is 2. The van der Waals surface area contributed by atoms with E-state index in [9.17, 15) is 9.18 Å². The smallest absolute Gasteiger partial charge is 0.235 e. The van der Waals surface area contributed by atoms with Crippen LogP contribution in [0.4, 0.5) is 10.1 Å². The van der Waals surface area contributed by atoms with Gasteiger partial charge in [0.25, 0.3) is 0 Å². The summed E-state index contributed by atoms with van der Waals surface area (Å²) in [5.41, 5.74) is 3.03. The van der Waals surface area contributed by atoms with Crippen LogP contribution in [0.3, 0.4) is 0 Å². The fraction of sp³-hybridized carbons (Fsp3) is 0.200. The summed E-state index contributed by atoms with van der Waals surface area (Å²) in [7, 11) is 0. The van der Waals surface area contributed by atoms with Gasteiger partial charge >= 0.3 is 0 Å². The molecule has 2 heterocycles. The standard InChI is InChI=1S/C20H14BrFN2O/c21-14-6-13-16(7-15(14)22)23-10-17-18(13)20(19(25)24-17)8-12(9-20)11-4-2-1-3-5-11/h1-7,10,12H,8-9H2,(H,24,25)/t12-,20+. The third kappa shape index (κ3) is 2.02. The molecule has 1 saturated carbocycles. The summed E-state index contributed by atoms with van der Waals surface area (Å²) in [6.45, 7) is 0. The number of fused-ring (bicyclic) bond motifs is 4. The van der Waals surface area contributed by atoms with Crippen molar-refractivity contribution >= 4 is 38.4 Å². The van der Waals surface area contributed by atoms with Crippen molar-refractivity contribution in [3.63, 3.8) is 0 Å². The Bertz CT molecular complexity index is 1030. The summed E-state index contributed by atoms with van der Waals surface area (Å²) in [5, 5.41) is 3.82. The molecule has 1 aliphatic carbocycles. The number of carbonyl (C=O) groups excluding carboxylic acids is 1. The van der Waals surface area contributed by atoms with Crippen LogP contribution >= 0.6 is 15.9 Å². The minimum Gasteiger partial charge on any atom is -0.324 e. The predicted molar refractivity (Wildman–Crippen MR) is 98.1 cm³/mol. The highest BCUT2D eigenvalue weighted by atomic mass is 79.9. The lowest BCUT2D eigenvalue weighted by Crippen LogP contribution is -2.45. The third-order valence-electron chi connectivity index (χ3n) is 5.53. The SMILES string of the molecule is O=C1Nc2cnc3cc(F)c(Br)cc3c2[C@]12C[C@H](c1ccccc1)C2. The molecule has 5 rings (SSSR count). The van der Waals surface area contributed by atoms with Gasteiger partial charge < -0.3 is 5.32 Å². The van der Waals surface area contributed by atoms with Crippen LogP contribution in [0.25, 0.3) is 10.9 Å². The van der Waals surface area contributed by atoms with Gasteiger partial charge in [-0.05, 0) is 46.3 Å². The first-order valence-corrected chi connectivity index (χ1v) is 9.02. The summed E-state index contributed by atoms with van der Waals surface area (Å²) in [5.74, 6) is 0.0523. The molecular formula is C20H14BrFN2O. The number of pyridine rings is 1. The van der Waals surface area contributed by atoms with Gasteiger partial charge in [0.1, 0.15) is 5.82 Å². The van der Waals surface area contributed by atoms with E-state index in [1.54, 1.807) is 12.3 Å². The van der Waals surface area contributed by atoms with Crippen molar-refractivity contribution in [2.45, 2.75) is 24.2 Å². The van der Waals surface area contributed by atoms with Crippen molar-refractivity contribution in [1.82, 2.24) is 4.98 Å². The number of carbonyl (C=O) groups is 1. The molecule has 1 spiro atoms. The number of anilines is 1. The molecule has 3 nitrogen and oxygen atoms in total. The molecule has 1 aliphatic heterocycles. The van der Waals surface area contributed by atoms with Crippen LogP contribution in [0, 0.1) is 5.82 Å². The quantitative estimate of drug-likeness (QED) is 0.635. The molecule has 3 aromatic rings. The van der Waals surface area contributed by atoms with Crippen molar-refractivity contribution in [2.24, 2.45) is 0 Å². The number of hydrogen-bond acceptors (Lipinski definition) is 2. The van der Waals surface area contributed by atoms with Gasteiger partial charge in [-0.1, -0.05) is 30.3 Å². The molecule has 0 bridgehead atoms. The maximum Gasteiger partial charge on any atom is 0.235 e. The predicted octanol–water partition coefficient (Wildman–Crippen LogP) is 4.90. The summed E-state index contributed by atoms with van der Waals surface area (Å²) >= 11 is 3.26. The molecule has 5 heteroatoms. The first-order chi connectivity index (χ1) is 12.1. The van der Waals surface area contributed by atoms with E-state index in [4.69, 9.17) is 0 Å². The van der Waals surface area contributed by atoms with Crippen LogP contribution in [0.15, 0.2) is 53.1 Å². The maximum absolute atomic E-state index is 13.9.